The molecule has 0 radical (unpaired) electrons. The van der Waals surface area contributed by atoms with Gasteiger partial charge in [-0.1, -0.05) is 0 Å². The van der Waals surface area contributed by atoms with Gasteiger partial charge in [-0.15, -0.1) is 0 Å². The number of carbonyl (C=O) groups excluding carboxylic acids is 1. The summed E-state index contributed by atoms with van der Waals surface area (Å²) in [5, 5.41) is 3.94. The lowest BCUT2D eigenvalue weighted by Crippen LogP contribution is -2.49. The summed E-state index contributed by atoms with van der Waals surface area (Å²) in [6.07, 6.45) is 1.69. The molecule has 4 rings (SSSR count). The highest BCUT2D eigenvalue weighted by atomic mass is 16.5. The van der Waals surface area contributed by atoms with Gasteiger partial charge in [0, 0.05) is 43.3 Å². The van der Waals surface area contributed by atoms with Gasteiger partial charge in [0.25, 0.3) is 0 Å². The standard InChI is InChI=1S/C20H22N4O3/c1-26-19-7-4-15-13-16(5-6-18(15)22-19)21-20(25)24-10-8-23(9-11-24)14-17-3-2-12-27-17/h2-7,12-13H,8-11,14H2,1H3,(H,21,25). The number of rotatable bonds is 4. The van der Waals surface area contributed by atoms with Crippen molar-refractivity contribution in [1.29, 1.82) is 0 Å². The molecule has 7 heteroatoms. The maximum absolute atomic E-state index is 12.6. The predicted molar refractivity (Wildman–Crippen MR) is 103 cm³/mol. The number of fused-ring (bicyclic) bond motifs is 1. The Morgan fingerprint density at radius 1 is 1.19 bits per heavy atom. The third-order valence-electron chi connectivity index (χ3n) is 4.74. The number of methoxy groups -OCH3 is 1. The van der Waals surface area contributed by atoms with Gasteiger partial charge in [0.2, 0.25) is 5.88 Å². The van der Waals surface area contributed by atoms with E-state index in [1.807, 2.05) is 47.4 Å². The summed E-state index contributed by atoms with van der Waals surface area (Å²) >= 11 is 0. The Hall–Kier alpha value is -3.06. The van der Waals surface area contributed by atoms with E-state index < -0.39 is 0 Å². The maximum atomic E-state index is 12.6. The molecule has 2 aromatic heterocycles. The molecule has 0 atom stereocenters. The lowest BCUT2D eigenvalue weighted by Gasteiger charge is -2.34. The van der Waals surface area contributed by atoms with E-state index in [1.54, 1.807) is 13.4 Å². The largest absolute Gasteiger partial charge is 0.481 e. The molecule has 140 valence electrons. The summed E-state index contributed by atoms with van der Waals surface area (Å²) in [6.45, 7) is 3.83. The molecule has 3 aromatic rings. The van der Waals surface area contributed by atoms with Crippen molar-refractivity contribution in [2.75, 3.05) is 38.6 Å². The quantitative estimate of drug-likeness (QED) is 0.768. The monoisotopic (exact) mass is 366 g/mol. The van der Waals surface area contributed by atoms with Crippen LogP contribution in [0.2, 0.25) is 0 Å². The number of aromatic nitrogens is 1. The van der Waals surface area contributed by atoms with E-state index in [0.29, 0.717) is 19.0 Å². The molecular weight excluding hydrogens is 344 g/mol. The minimum atomic E-state index is -0.0755. The summed E-state index contributed by atoms with van der Waals surface area (Å²) < 4.78 is 10.5. The molecule has 27 heavy (non-hydrogen) atoms. The van der Waals surface area contributed by atoms with E-state index >= 15 is 0 Å². The molecule has 1 N–H and O–H groups in total. The van der Waals surface area contributed by atoms with Crippen molar-refractivity contribution in [3.05, 3.63) is 54.5 Å². The molecule has 0 bridgehead atoms. The first-order valence-corrected chi connectivity index (χ1v) is 8.97. The highest BCUT2D eigenvalue weighted by Crippen LogP contribution is 2.21. The molecule has 0 unspecified atom stereocenters. The Labute approximate surface area is 157 Å². The van der Waals surface area contributed by atoms with Crippen LogP contribution in [0.15, 0.2) is 53.1 Å². The van der Waals surface area contributed by atoms with Crippen LogP contribution in [0.3, 0.4) is 0 Å². The smallest absolute Gasteiger partial charge is 0.321 e. The molecule has 0 saturated carbocycles. The number of hydrogen-bond donors (Lipinski definition) is 1. The van der Waals surface area contributed by atoms with Crippen LogP contribution in [0.5, 0.6) is 5.88 Å². The van der Waals surface area contributed by atoms with Crippen molar-refractivity contribution in [2.24, 2.45) is 0 Å². The average molecular weight is 366 g/mol. The van der Waals surface area contributed by atoms with Gasteiger partial charge in [-0.25, -0.2) is 9.78 Å². The van der Waals surface area contributed by atoms with Crippen molar-refractivity contribution >= 4 is 22.6 Å². The first-order chi connectivity index (χ1) is 13.2. The lowest BCUT2D eigenvalue weighted by molar-refractivity contribution is 0.137. The van der Waals surface area contributed by atoms with E-state index in [2.05, 4.69) is 15.2 Å². The Balaban J connectivity index is 1.34. The number of urea groups is 1. The van der Waals surface area contributed by atoms with Gasteiger partial charge in [0.15, 0.2) is 0 Å². The van der Waals surface area contributed by atoms with Gasteiger partial charge in [0.1, 0.15) is 5.76 Å². The zero-order valence-corrected chi connectivity index (χ0v) is 15.2. The predicted octanol–water partition coefficient (Wildman–Crippen LogP) is 3.19. The molecular formula is C20H22N4O3. The minimum absolute atomic E-state index is 0.0755. The lowest BCUT2D eigenvalue weighted by atomic mass is 10.2. The summed E-state index contributed by atoms with van der Waals surface area (Å²) in [7, 11) is 1.59. The number of nitrogens with zero attached hydrogens (tertiary/aromatic N) is 3. The first kappa shape index (κ1) is 17.4. The number of benzene rings is 1. The van der Waals surface area contributed by atoms with Crippen molar-refractivity contribution in [1.82, 2.24) is 14.8 Å². The molecule has 1 aliphatic rings. The number of amides is 2. The third kappa shape index (κ3) is 4.03. The van der Waals surface area contributed by atoms with Crippen LogP contribution >= 0.6 is 0 Å². The van der Waals surface area contributed by atoms with Crippen LogP contribution in [-0.2, 0) is 6.54 Å². The molecule has 0 aliphatic carbocycles. The second-order valence-electron chi connectivity index (χ2n) is 6.53. The first-order valence-electron chi connectivity index (χ1n) is 8.97. The number of pyridine rings is 1. The summed E-state index contributed by atoms with van der Waals surface area (Å²) in [5.41, 5.74) is 1.59. The van der Waals surface area contributed by atoms with Crippen molar-refractivity contribution in [2.45, 2.75) is 6.54 Å². The fourth-order valence-electron chi connectivity index (χ4n) is 3.23. The van der Waals surface area contributed by atoms with Gasteiger partial charge in [-0.05, 0) is 36.4 Å². The van der Waals surface area contributed by atoms with E-state index in [9.17, 15) is 4.79 Å². The number of anilines is 1. The molecule has 0 spiro atoms. The number of nitrogens with one attached hydrogen (secondary N) is 1. The summed E-state index contributed by atoms with van der Waals surface area (Å²) in [6, 6.07) is 13.2. The van der Waals surface area contributed by atoms with Gasteiger partial charge in [-0.2, -0.15) is 0 Å². The normalized spacial score (nSPS) is 15.1. The molecule has 1 aliphatic heterocycles. The van der Waals surface area contributed by atoms with Crippen LogP contribution in [0.1, 0.15) is 5.76 Å². The van der Waals surface area contributed by atoms with Gasteiger partial charge < -0.3 is 19.4 Å². The summed E-state index contributed by atoms with van der Waals surface area (Å²) in [5.74, 6) is 1.53. The Kier molecular flexibility index (Phi) is 4.93. The second kappa shape index (κ2) is 7.67. The fourth-order valence-corrected chi connectivity index (χ4v) is 3.23. The van der Waals surface area contributed by atoms with Crippen molar-refractivity contribution < 1.29 is 13.9 Å². The number of piperazine rings is 1. The van der Waals surface area contributed by atoms with Crippen molar-refractivity contribution in [3.8, 4) is 5.88 Å². The highest BCUT2D eigenvalue weighted by molar-refractivity contribution is 5.92. The number of ether oxygens (including phenoxy) is 1. The molecule has 3 heterocycles. The minimum Gasteiger partial charge on any atom is -0.481 e. The molecule has 1 aromatic carbocycles. The van der Waals surface area contributed by atoms with Gasteiger partial charge in [0.05, 0.1) is 25.4 Å². The van der Waals surface area contributed by atoms with Gasteiger partial charge in [-0.3, -0.25) is 4.90 Å². The van der Waals surface area contributed by atoms with Crippen LogP contribution in [-0.4, -0.2) is 54.1 Å². The van der Waals surface area contributed by atoms with E-state index in [1.165, 1.54) is 0 Å². The fraction of sp³-hybridized carbons (Fsp3) is 0.300. The van der Waals surface area contributed by atoms with E-state index in [-0.39, 0.29) is 6.03 Å². The molecule has 1 fully saturated rings. The van der Waals surface area contributed by atoms with E-state index in [4.69, 9.17) is 9.15 Å². The van der Waals surface area contributed by atoms with Gasteiger partial charge >= 0.3 is 6.03 Å². The van der Waals surface area contributed by atoms with Crippen molar-refractivity contribution in [3.63, 3.8) is 0 Å². The third-order valence-corrected chi connectivity index (χ3v) is 4.74. The molecule has 1 saturated heterocycles. The Bertz CT molecular complexity index is 918. The Morgan fingerprint density at radius 3 is 2.78 bits per heavy atom. The number of hydrogen-bond acceptors (Lipinski definition) is 5. The molecule has 2 amide bonds. The number of furan rings is 1. The SMILES string of the molecule is COc1ccc2cc(NC(=O)N3CCN(Cc4ccco4)CC3)ccc2n1. The van der Waals surface area contributed by atoms with Crippen LogP contribution in [0, 0.1) is 0 Å². The average Bonchev–Trinajstić information content (AvgIpc) is 3.21. The molecule has 7 nitrogen and oxygen atoms in total. The Morgan fingerprint density at radius 2 is 2.04 bits per heavy atom. The summed E-state index contributed by atoms with van der Waals surface area (Å²) in [4.78, 5) is 21.1. The highest BCUT2D eigenvalue weighted by Gasteiger charge is 2.21. The maximum Gasteiger partial charge on any atom is 0.321 e. The zero-order chi connectivity index (χ0) is 18.6. The topological polar surface area (TPSA) is 70.8 Å². The van der Waals surface area contributed by atoms with E-state index in [0.717, 1.165) is 42.0 Å². The second-order valence-corrected chi connectivity index (χ2v) is 6.53. The van der Waals surface area contributed by atoms with Crippen LogP contribution in [0.25, 0.3) is 10.9 Å². The van der Waals surface area contributed by atoms with Crippen LogP contribution in [0.4, 0.5) is 10.5 Å². The number of carbonyl (C=O) groups is 1. The van der Waals surface area contributed by atoms with Crippen LogP contribution < -0.4 is 10.1 Å². The zero-order valence-electron chi connectivity index (χ0n) is 15.2.